The van der Waals surface area contributed by atoms with Gasteiger partial charge in [-0.3, -0.25) is 9.59 Å². The molecule has 2 aromatic carbocycles. The highest BCUT2D eigenvalue weighted by Gasteiger charge is 2.10. The second-order valence-electron chi connectivity index (χ2n) is 5.44. The fourth-order valence-corrected chi connectivity index (χ4v) is 2.14. The summed E-state index contributed by atoms with van der Waals surface area (Å²) in [6.07, 6.45) is 6.61. The van der Waals surface area contributed by atoms with Gasteiger partial charge in [0.25, 0.3) is 5.91 Å². The summed E-state index contributed by atoms with van der Waals surface area (Å²) in [4.78, 5) is 23.3. The van der Waals surface area contributed by atoms with E-state index >= 15 is 0 Å². The molecule has 2 rings (SSSR count). The SMILES string of the molecule is C#CCOc1ccc(C=C(C#N)C(=O)Nc2ccc(NC(C)=O)cc2)cc1. The Morgan fingerprint density at radius 2 is 1.67 bits per heavy atom. The highest BCUT2D eigenvalue weighted by atomic mass is 16.5. The van der Waals surface area contributed by atoms with Gasteiger partial charge in [0.2, 0.25) is 5.91 Å². The van der Waals surface area contributed by atoms with Gasteiger partial charge in [-0.05, 0) is 48.0 Å². The van der Waals surface area contributed by atoms with Gasteiger partial charge in [0, 0.05) is 18.3 Å². The smallest absolute Gasteiger partial charge is 0.266 e. The fourth-order valence-electron chi connectivity index (χ4n) is 2.14. The van der Waals surface area contributed by atoms with Crippen molar-refractivity contribution in [2.75, 3.05) is 17.2 Å². The van der Waals surface area contributed by atoms with Crippen LogP contribution >= 0.6 is 0 Å². The molecule has 134 valence electrons. The molecule has 0 fully saturated rings. The molecule has 0 aromatic heterocycles. The predicted octanol–water partition coefficient (Wildman–Crippen LogP) is 3.20. The average Bonchev–Trinajstić information content (AvgIpc) is 2.66. The Hall–Kier alpha value is -4.03. The number of nitrogens with one attached hydrogen (secondary N) is 2. The van der Waals surface area contributed by atoms with E-state index in [9.17, 15) is 14.9 Å². The molecule has 0 aliphatic carbocycles. The van der Waals surface area contributed by atoms with E-state index in [0.717, 1.165) is 0 Å². The molecule has 0 bridgehead atoms. The number of ether oxygens (including phenoxy) is 1. The molecular formula is C21H17N3O3. The summed E-state index contributed by atoms with van der Waals surface area (Å²) in [5, 5.41) is 14.6. The van der Waals surface area contributed by atoms with Crippen molar-refractivity contribution in [3.05, 3.63) is 59.7 Å². The van der Waals surface area contributed by atoms with Crippen LogP contribution in [0, 0.1) is 23.7 Å². The number of nitriles is 1. The fraction of sp³-hybridized carbons (Fsp3) is 0.0952. The largest absolute Gasteiger partial charge is 0.481 e. The monoisotopic (exact) mass is 359 g/mol. The van der Waals surface area contributed by atoms with Crippen LogP contribution in [-0.2, 0) is 9.59 Å². The second kappa shape index (κ2) is 9.45. The van der Waals surface area contributed by atoms with Crippen LogP contribution in [-0.4, -0.2) is 18.4 Å². The second-order valence-corrected chi connectivity index (χ2v) is 5.44. The van der Waals surface area contributed by atoms with Gasteiger partial charge in [-0.25, -0.2) is 0 Å². The minimum atomic E-state index is -0.530. The Kier molecular flexibility index (Phi) is 6.76. The summed E-state index contributed by atoms with van der Waals surface area (Å²) in [5.74, 6) is 2.26. The first-order valence-corrected chi connectivity index (χ1v) is 7.99. The van der Waals surface area contributed by atoms with Crippen LogP contribution in [0.25, 0.3) is 6.08 Å². The van der Waals surface area contributed by atoms with Crippen LogP contribution < -0.4 is 15.4 Å². The average molecular weight is 359 g/mol. The van der Waals surface area contributed by atoms with E-state index in [2.05, 4.69) is 16.6 Å². The molecule has 27 heavy (non-hydrogen) atoms. The van der Waals surface area contributed by atoms with Crippen molar-refractivity contribution in [2.45, 2.75) is 6.92 Å². The molecule has 0 aliphatic heterocycles. The molecule has 0 spiro atoms. The molecule has 6 heteroatoms. The molecular weight excluding hydrogens is 342 g/mol. The van der Waals surface area contributed by atoms with Gasteiger partial charge >= 0.3 is 0 Å². The maximum atomic E-state index is 12.3. The van der Waals surface area contributed by atoms with Crippen LogP contribution in [0.2, 0.25) is 0 Å². The number of anilines is 2. The standard InChI is InChI=1S/C21H17N3O3/c1-3-12-27-20-10-4-16(5-11-20)13-17(14-22)21(26)24-19-8-6-18(7-9-19)23-15(2)25/h1,4-11,13H,12H2,2H3,(H,23,25)(H,24,26). The van der Waals surface area contributed by atoms with E-state index in [1.165, 1.54) is 13.0 Å². The van der Waals surface area contributed by atoms with E-state index in [1.807, 2.05) is 6.07 Å². The molecule has 2 N–H and O–H groups in total. The first-order chi connectivity index (χ1) is 13.0. The molecule has 0 radical (unpaired) electrons. The zero-order valence-electron chi connectivity index (χ0n) is 14.7. The van der Waals surface area contributed by atoms with Crippen LogP contribution in [0.3, 0.4) is 0 Å². The minimum absolute atomic E-state index is 0.0433. The van der Waals surface area contributed by atoms with E-state index in [-0.39, 0.29) is 18.1 Å². The molecule has 0 atom stereocenters. The lowest BCUT2D eigenvalue weighted by Crippen LogP contribution is -2.13. The molecule has 0 unspecified atom stereocenters. The van der Waals surface area contributed by atoms with Gasteiger partial charge in [-0.2, -0.15) is 5.26 Å². The Labute approximate surface area is 157 Å². The van der Waals surface area contributed by atoms with E-state index < -0.39 is 5.91 Å². The maximum absolute atomic E-state index is 12.3. The van der Waals surface area contributed by atoms with Gasteiger partial charge in [-0.1, -0.05) is 18.1 Å². The lowest BCUT2D eigenvalue weighted by molar-refractivity contribution is -0.114. The third kappa shape index (κ3) is 6.08. The molecule has 0 saturated carbocycles. The van der Waals surface area contributed by atoms with Gasteiger partial charge in [0.05, 0.1) is 0 Å². The number of rotatable bonds is 6. The van der Waals surface area contributed by atoms with Gasteiger partial charge in [-0.15, -0.1) is 6.42 Å². The van der Waals surface area contributed by atoms with Crippen molar-refractivity contribution in [3.63, 3.8) is 0 Å². The molecule has 0 heterocycles. The number of carbonyl (C=O) groups is 2. The number of amides is 2. The number of hydrogen-bond acceptors (Lipinski definition) is 4. The zero-order valence-corrected chi connectivity index (χ0v) is 14.7. The van der Waals surface area contributed by atoms with Crippen LogP contribution in [0.15, 0.2) is 54.1 Å². The Morgan fingerprint density at radius 1 is 1.07 bits per heavy atom. The number of carbonyl (C=O) groups excluding carboxylic acids is 2. The Bertz CT molecular complexity index is 931. The van der Waals surface area contributed by atoms with Gasteiger partial charge in [0.15, 0.2) is 0 Å². The maximum Gasteiger partial charge on any atom is 0.266 e. The van der Waals surface area contributed by atoms with Crippen molar-refractivity contribution in [3.8, 4) is 24.2 Å². The first-order valence-electron chi connectivity index (χ1n) is 7.99. The van der Waals surface area contributed by atoms with E-state index in [0.29, 0.717) is 22.7 Å². The summed E-state index contributed by atoms with van der Waals surface area (Å²) >= 11 is 0. The van der Waals surface area contributed by atoms with Crippen LogP contribution in [0.4, 0.5) is 11.4 Å². The molecule has 6 nitrogen and oxygen atoms in total. The normalized spacial score (nSPS) is 10.3. The minimum Gasteiger partial charge on any atom is -0.481 e. The molecule has 2 amide bonds. The lowest BCUT2D eigenvalue weighted by Gasteiger charge is -2.07. The summed E-state index contributed by atoms with van der Waals surface area (Å²) in [6.45, 7) is 1.58. The highest BCUT2D eigenvalue weighted by Crippen LogP contribution is 2.17. The molecule has 0 aliphatic rings. The third-order valence-electron chi connectivity index (χ3n) is 3.34. The summed E-state index contributed by atoms with van der Waals surface area (Å²) < 4.78 is 5.27. The van der Waals surface area contributed by atoms with Crippen molar-refractivity contribution < 1.29 is 14.3 Å². The van der Waals surface area contributed by atoms with Crippen molar-refractivity contribution >= 4 is 29.3 Å². The Morgan fingerprint density at radius 3 is 2.19 bits per heavy atom. The zero-order chi connectivity index (χ0) is 19.6. The number of nitrogens with zero attached hydrogens (tertiary/aromatic N) is 1. The van der Waals surface area contributed by atoms with Gasteiger partial charge < -0.3 is 15.4 Å². The van der Waals surface area contributed by atoms with Crippen molar-refractivity contribution in [1.82, 2.24) is 0 Å². The molecule has 2 aromatic rings. The number of hydrogen-bond donors (Lipinski definition) is 2. The third-order valence-corrected chi connectivity index (χ3v) is 3.34. The van der Waals surface area contributed by atoms with Crippen molar-refractivity contribution in [2.24, 2.45) is 0 Å². The Balaban J connectivity index is 2.06. The summed E-state index contributed by atoms with van der Waals surface area (Å²) in [6, 6.07) is 15.3. The number of terminal acetylenes is 1. The lowest BCUT2D eigenvalue weighted by atomic mass is 10.1. The first kappa shape index (κ1) is 19.3. The van der Waals surface area contributed by atoms with E-state index in [1.54, 1.807) is 48.5 Å². The number of benzene rings is 2. The van der Waals surface area contributed by atoms with Crippen LogP contribution in [0.5, 0.6) is 5.75 Å². The highest BCUT2D eigenvalue weighted by molar-refractivity contribution is 6.09. The topological polar surface area (TPSA) is 91.2 Å². The van der Waals surface area contributed by atoms with Crippen molar-refractivity contribution in [1.29, 1.82) is 5.26 Å². The van der Waals surface area contributed by atoms with Crippen LogP contribution in [0.1, 0.15) is 12.5 Å². The summed E-state index contributed by atoms with van der Waals surface area (Å²) in [5.41, 5.74) is 1.76. The van der Waals surface area contributed by atoms with E-state index in [4.69, 9.17) is 11.2 Å². The predicted molar refractivity (Wildman–Crippen MR) is 104 cm³/mol. The summed E-state index contributed by atoms with van der Waals surface area (Å²) in [7, 11) is 0. The quantitative estimate of drug-likeness (QED) is 0.471. The molecule has 0 saturated heterocycles. The van der Waals surface area contributed by atoms with Gasteiger partial charge in [0.1, 0.15) is 24.0 Å².